The molecule has 2 aliphatic rings. The minimum absolute atomic E-state index is 0.109. The van der Waals surface area contributed by atoms with Gasteiger partial charge < -0.3 is 10.1 Å². The van der Waals surface area contributed by atoms with E-state index in [1.165, 1.54) is 13.2 Å². The van der Waals surface area contributed by atoms with Crippen LogP contribution in [0.1, 0.15) is 18.4 Å². The molecule has 1 aromatic carbocycles. The van der Waals surface area contributed by atoms with E-state index in [9.17, 15) is 16.8 Å². The Balaban J connectivity index is 1.94. The zero-order chi connectivity index (χ0) is 16.8. The number of nitrogens with one attached hydrogen (secondary N) is 1. The van der Waals surface area contributed by atoms with Gasteiger partial charge in [0.05, 0.1) is 28.8 Å². The average Bonchev–Trinajstić information content (AvgIpc) is 3.21. The van der Waals surface area contributed by atoms with Crippen molar-refractivity contribution in [3.63, 3.8) is 0 Å². The first-order chi connectivity index (χ1) is 10.7. The molecule has 0 bridgehead atoms. The molecular weight excluding hydrogens is 338 g/mol. The van der Waals surface area contributed by atoms with Gasteiger partial charge in [-0.15, -0.1) is 0 Å². The predicted molar refractivity (Wildman–Crippen MR) is 87.3 cm³/mol. The maximum atomic E-state index is 12.9. The highest BCUT2D eigenvalue weighted by molar-refractivity contribution is 7.96. The van der Waals surface area contributed by atoms with Gasteiger partial charge in [0.2, 0.25) is 0 Å². The second kappa shape index (κ2) is 5.75. The Morgan fingerprint density at radius 2 is 1.91 bits per heavy atom. The summed E-state index contributed by atoms with van der Waals surface area (Å²) in [5.41, 5.74) is 0.709. The normalized spacial score (nSPS) is 27.0. The minimum atomic E-state index is -3.72. The lowest BCUT2D eigenvalue weighted by molar-refractivity contribution is 0.411. The molecular formula is C15H21NO5S2. The Hall–Kier alpha value is -1.12. The molecule has 6 nitrogen and oxygen atoms in total. The van der Waals surface area contributed by atoms with Crippen LogP contribution in [-0.4, -0.2) is 52.8 Å². The molecule has 1 saturated heterocycles. The summed E-state index contributed by atoms with van der Waals surface area (Å²) in [6.45, 7) is 1.77. The SMILES string of the molecule is COc1ccc(S(=O)(=O)[C@H]2CS(=O)(=O)C[C@@H]2NC2CC2)cc1C. The smallest absolute Gasteiger partial charge is 0.183 e. The van der Waals surface area contributed by atoms with E-state index >= 15 is 0 Å². The first-order valence-electron chi connectivity index (χ1n) is 7.58. The van der Waals surface area contributed by atoms with Crippen molar-refractivity contribution in [2.45, 2.75) is 42.0 Å². The van der Waals surface area contributed by atoms with E-state index in [1.54, 1.807) is 19.1 Å². The lowest BCUT2D eigenvalue weighted by Crippen LogP contribution is -2.44. The van der Waals surface area contributed by atoms with E-state index < -0.39 is 31.0 Å². The summed E-state index contributed by atoms with van der Waals surface area (Å²) in [6, 6.07) is 4.37. The third-order valence-corrected chi connectivity index (χ3v) is 8.57. The summed E-state index contributed by atoms with van der Waals surface area (Å²) in [6.07, 6.45) is 1.95. The largest absolute Gasteiger partial charge is 0.496 e. The Morgan fingerprint density at radius 3 is 2.48 bits per heavy atom. The van der Waals surface area contributed by atoms with Crippen molar-refractivity contribution in [1.29, 1.82) is 0 Å². The zero-order valence-corrected chi connectivity index (χ0v) is 14.8. The van der Waals surface area contributed by atoms with E-state index in [-0.39, 0.29) is 22.4 Å². The van der Waals surface area contributed by atoms with Crippen molar-refractivity contribution in [2.75, 3.05) is 18.6 Å². The van der Waals surface area contributed by atoms with E-state index in [0.29, 0.717) is 11.3 Å². The van der Waals surface area contributed by atoms with Crippen LogP contribution in [0.3, 0.4) is 0 Å². The molecule has 0 spiro atoms. The van der Waals surface area contributed by atoms with E-state index in [4.69, 9.17) is 4.74 Å². The van der Waals surface area contributed by atoms with Crippen molar-refractivity contribution in [3.8, 4) is 5.75 Å². The molecule has 1 aliphatic carbocycles. The van der Waals surface area contributed by atoms with Crippen LogP contribution in [-0.2, 0) is 19.7 Å². The molecule has 1 aliphatic heterocycles. The lowest BCUT2D eigenvalue weighted by atomic mass is 10.2. The summed E-state index contributed by atoms with van der Waals surface area (Å²) in [5.74, 6) is 0.184. The molecule has 0 amide bonds. The molecule has 23 heavy (non-hydrogen) atoms. The van der Waals surface area contributed by atoms with E-state index in [1.807, 2.05) is 0 Å². The highest BCUT2D eigenvalue weighted by Gasteiger charge is 2.47. The zero-order valence-electron chi connectivity index (χ0n) is 13.2. The van der Waals surface area contributed by atoms with Gasteiger partial charge in [0.25, 0.3) is 0 Å². The summed E-state index contributed by atoms with van der Waals surface area (Å²) in [5, 5.41) is 2.26. The Bertz CT molecular complexity index is 812. The number of ether oxygens (including phenoxy) is 1. The Morgan fingerprint density at radius 1 is 1.22 bits per heavy atom. The van der Waals surface area contributed by atoms with Gasteiger partial charge in [-0.2, -0.15) is 0 Å². The van der Waals surface area contributed by atoms with Crippen LogP contribution in [0.15, 0.2) is 23.1 Å². The van der Waals surface area contributed by atoms with Gasteiger partial charge in [-0.1, -0.05) is 0 Å². The summed E-state index contributed by atoms with van der Waals surface area (Å²) in [7, 11) is -5.54. The highest BCUT2D eigenvalue weighted by atomic mass is 32.2. The van der Waals surface area contributed by atoms with Gasteiger partial charge >= 0.3 is 0 Å². The second-order valence-electron chi connectivity index (χ2n) is 6.34. The third kappa shape index (κ3) is 3.39. The molecule has 8 heteroatoms. The second-order valence-corrected chi connectivity index (χ2v) is 10.7. The van der Waals surface area contributed by atoms with Gasteiger partial charge in [0.1, 0.15) is 5.75 Å². The van der Waals surface area contributed by atoms with Crippen molar-refractivity contribution in [3.05, 3.63) is 23.8 Å². The molecule has 2 fully saturated rings. The average molecular weight is 359 g/mol. The van der Waals surface area contributed by atoms with Gasteiger partial charge in [-0.3, -0.25) is 0 Å². The number of rotatable bonds is 5. The Labute approximate surface area is 137 Å². The number of hydrogen-bond acceptors (Lipinski definition) is 6. The number of methoxy groups -OCH3 is 1. The Kier molecular flexibility index (Phi) is 4.18. The van der Waals surface area contributed by atoms with Crippen LogP contribution >= 0.6 is 0 Å². The van der Waals surface area contributed by atoms with Crippen LogP contribution in [0.2, 0.25) is 0 Å². The van der Waals surface area contributed by atoms with Crippen molar-refractivity contribution < 1.29 is 21.6 Å². The maximum absolute atomic E-state index is 12.9. The van der Waals surface area contributed by atoms with Gasteiger partial charge in [-0.05, 0) is 43.5 Å². The van der Waals surface area contributed by atoms with Gasteiger partial charge in [0.15, 0.2) is 19.7 Å². The molecule has 1 aromatic rings. The number of sulfone groups is 2. The van der Waals surface area contributed by atoms with Crippen molar-refractivity contribution in [2.24, 2.45) is 0 Å². The van der Waals surface area contributed by atoms with Crippen LogP contribution in [0, 0.1) is 6.92 Å². The quantitative estimate of drug-likeness (QED) is 0.832. The maximum Gasteiger partial charge on any atom is 0.183 e. The van der Waals surface area contributed by atoms with Crippen LogP contribution in [0.25, 0.3) is 0 Å². The fraction of sp³-hybridized carbons (Fsp3) is 0.600. The van der Waals surface area contributed by atoms with Crippen LogP contribution < -0.4 is 10.1 Å². The van der Waals surface area contributed by atoms with Crippen LogP contribution in [0.4, 0.5) is 0 Å². The third-order valence-electron chi connectivity index (χ3n) is 4.42. The summed E-state index contributed by atoms with van der Waals surface area (Å²) >= 11 is 0. The number of aryl methyl sites for hydroxylation is 1. The van der Waals surface area contributed by atoms with E-state index in [0.717, 1.165) is 12.8 Å². The topological polar surface area (TPSA) is 89.5 Å². The fourth-order valence-corrected chi connectivity index (χ4v) is 7.79. The first-order valence-corrected chi connectivity index (χ1v) is 10.9. The van der Waals surface area contributed by atoms with Gasteiger partial charge in [0, 0.05) is 12.1 Å². The molecule has 1 N–H and O–H groups in total. The lowest BCUT2D eigenvalue weighted by Gasteiger charge is -2.20. The monoisotopic (exact) mass is 359 g/mol. The van der Waals surface area contributed by atoms with Crippen molar-refractivity contribution >= 4 is 19.7 Å². The van der Waals surface area contributed by atoms with Gasteiger partial charge in [-0.25, -0.2) is 16.8 Å². The number of hydrogen-bond donors (Lipinski definition) is 1. The standard InChI is InChI=1S/C15H21NO5S2/c1-10-7-12(5-6-14(10)21-2)23(19,20)15-9-22(17,18)8-13(15)16-11-3-4-11/h5-7,11,13,15-16H,3-4,8-9H2,1-2H3/t13-,15-/m0/s1. The minimum Gasteiger partial charge on any atom is -0.496 e. The summed E-state index contributed by atoms with van der Waals surface area (Å²) in [4.78, 5) is 0.153. The molecule has 128 valence electrons. The summed E-state index contributed by atoms with van der Waals surface area (Å²) < 4.78 is 55.0. The number of benzene rings is 1. The first kappa shape index (κ1) is 16.7. The highest BCUT2D eigenvalue weighted by Crippen LogP contribution is 2.31. The predicted octanol–water partition coefficient (Wildman–Crippen LogP) is 0.695. The molecule has 1 heterocycles. The van der Waals surface area contributed by atoms with Crippen LogP contribution in [0.5, 0.6) is 5.75 Å². The molecule has 2 atom stereocenters. The molecule has 0 radical (unpaired) electrons. The molecule has 0 aromatic heterocycles. The molecule has 3 rings (SSSR count). The van der Waals surface area contributed by atoms with E-state index in [2.05, 4.69) is 5.32 Å². The fourth-order valence-electron chi connectivity index (χ4n) is 3.03. The molecule has 0 unspecified atom stereocenters. The van der Waals surface area contributed by atoms with Crippen molar-refractivity contribution in [1.82, 2.24) is 5.32 Å². The molecule has 1 saturated carbocycles.